The van der Waals surface area contributed by atoms with Gasteiger partial charge in [-0.1, -0.05) is 31.9 Å². The Morgan fingerprint density at radius 2 is 2.00 bits per heavy atom. The van der Waals surface area contributed by atoms with Crippen molar-refractivity contribution in [2.24, 2.45) is 5.92 Å². The second kappa shape index (κ2) is 8.00. The molecule has 0 bridgehead atoms. The van der Waals surface area contributed by atoms with Crippen molar-refractivity contribution >= 4 is 17.4 Å². The summed E-state index contributed by atoms with van der Waals surface area (Å²) >= 11 is 6.24. The van der Waals surface area contributed by atoms with Crippen LogP contribution in [-0.4, -0.2) is 24.6 Å². The van der Waals surface area contributed by atoms with Gasteiger partial charge in [-0.25, -0.2) is 4.98 Å². The van der Waals surface area contributed by atoms with Crippen LogP contribution in [0.25, 0.3) is 0 Å². The predicted molar refractivity (Wildman–Crippen MR) is 91.1 cm³/mol. The van der Waals surface area contributed by atoms with Crippen LogP contribution in [0.15, 0.2) is 12.3 Å². The van der Waals surface area contributed by atoms with E-state index in [-0.39, 0.29) is 0 Å². The highest BCUT2D eigenvalue weighted by atomic mass is 35.5. The lowest BCUT2D eigenvalue weighted by Gasteiger charge is -2.35. The molecule has 21 heavy (non-hydrogen) atoms. The average Bonchev–Trinajstić information content (AvgIpc) is 2.53. The first-order chi connectivity index (χ1) is 10.2. The predicted octanol–water partition coefficient (Wildman–Crippen LogP) is 4.25. The molecule has 0 unspecified atom stereocenters. The van der Waals surface area contributed by atoms with Crippen molar-refractivity contribution in [3.63, 3.8) is 0 Å². The molecule has 1 fully saturated rings. The van der Waals surface area contributed by atoms with Crippen LogP contribution in [0.2, 0.25) is 5.02 Å². The van der Waals surface area contributed by atoms with Crippen molar-refractivity contribution in [1.82, 2.24) is 10.3 Å². The Bertz CT molecular complexity index is 442. The summed E-state index contributed by atoms with van der Waals surface area (Å²) in [5.74, 6) is 1.98. The van der Waals surface area contributed by atoms with E-state index in [1.165, 1.54) is 32.1 Å². The summed E-state index contributed by atoms with van der Waals surface area (Å²) in [6.07, 6.45) is 8.37. The number of rotatable bonds is 6. The van der Waals surface area contributed by atoms with Gasteiger partial charge in [0.25, 0.3) is 0 Å². The summed E-state index contributed by atoms with van der Waals surface area (Å²) in [5, 5.41) is 4.09. The Balaban J connectivity index is 2.03. The molecule has 0 aromatic carbocycles. The van der Waals surface area contributed by atoms with E-state index >= 15 is 0 Å². The van der Waals surface area contributed by atoms with Gasteiger partial charge in [-0.2, -0.15) is 0 Å². The topological polar surface area (TPSA) is 28.2 Å². The third kappa shape index (κ3) is 4.33. The van der Waals surface area contributed by atoms with E-state index in [0.29, 0.717) is 6.04 Å². The molecule has 0 amide bonds. The summed E-state index contributed by atoms with van der Waals surface area (Å²) < 4.78 is 0. The van der Waals surface area contributed by atoms with E-state index in [0.717, 1.165) is 35.4 Å². The van der Waals surface area contributed by atoms with Crippen molar-refractivity contribution in [3.8, 4) is 0 Å². The van der Waals surface area contributed by atoms with E-state index in [2.05, 4.69) is 42.2 Å². The van der Waals surface area contributed by atoms with Gasteiger partial charge in [-0.15, -0.1) is 0 Å². The number of hydrogen-bond acceptors (Lipinski definition) is 3. The van der Waals surface area contributed by atoms with Crippen LogP contribution in [0, 0.1) is 5.92 Å². The van der Waals surface area contributed by atoms with Crippen molar-refractivity contribution < 1.29 is 0 Å². The minimum Gasteiger partial charge on any atom is -0.357 e. The number of nitrogens with one attached hydrogen (secondary N) is 1. The molecule has 1 aromatic heterocycles. The lowest BCUT2D eigenvalue weighted by molar-refractivity contribution is 0.313. The van der Waals surface area contributed by atoms with Crippen LogP contribution >= 0.6 is 11.6 Å². The second-order valence-corrected chi connectivity index (χ2v) is 6.52. The summed E-state index contributed by atoms with van der Waals surface area (Å²) in [4.78, 5) is 6.87. The minimum absolute atomic E-state index is 0.619. The summed E-state index contributed by atoms with van der Waals surface area (Å²) in [6.45, 7) is 6.17. The Labute approximate surface area is 134 Å². The van der Waals surface area contributed by atoms with Crippen LogP contribution in [-0.2, 0) is 6.54 Å². The maximum Gasteiger partial charge on any atom is 0.128 e. The first kappa shape index (κ1) is 16.6. The van der Waals surface area contributed by atoms with E-state index in [4.69, 9.17) is 11.6 Å². The number of anilines is 1. The second-order valence-electron chi connectivity index (χ2n) is 6.11. The minimum atomic E-state index is 0.619. The highest BCUT2D eigenvalue weighted by Gasteiger charge is 2.24. The molecule has 1 saturated carbocycles. The molecule has 0 atom stereocenters. The smallest absolute Gasteiger partial charge is 0.128 e. The highest BCUT2D eigenvalue weighted by Crippen LogP contribution is 2.31. The molecule has 1 aliphatic rings. The van der Waals surface area contributed by atoms with Gasteiger partial charge >= 0.3 is 0 Å². The molecule has 1 N–H and O–H groups in total. The zero-order chi connectivity index (χ0) is 15.2. The fourth-order valence-corrected chi connectivity index (χ4v) is 3.35. The molecule has 4 heteroatoms. The summed E-state index contributed by atoms with van der Waals surface area (Å²) in [7, 11) is 2.17. The molecule has 118 valence electrons. The first-order valence-electron chi connectivity index (χ1n) is 8.23. The van der Waals surface area contributed by atoms with E-state index in [9.17, 15) is 0 Å². The van der Waals surface area contributed by atoms with Crippen molar-refractivity contribution in [2.45, 2.75) is 58.5 Å². The number of halogens is 1. The number of pyridine rings is 1. The van der Waals surface area contributed by atoms with Crippen LogP contribution < -0.4 is 10.2 Å². The van der Waals surface area contributed by atoms with Crippen molar-refractivity contribution in [2.75, 3.05) is 18.5 Å². The Kier molecular flexibility index (Phi) is 6.31. The fourth-order valence-electron chi connectivity index (χ4n) is 3.18. The van der Waals surface area contributed by atoms with Gasteiger partial charge in [0.15, 0.2) is 0 Å². The SMILES string of the molecule is CCNCc1cc(N(C)C2CCC(CC)CC2)ncc1Cl. The summed E-state index contributed by atoms with van der Waals surface area (Å²) in [5.41, 5.74) is 1.14. The molecule has 3 nitrogen and oxygen atoms in total. The largest absolute Gasteiger partial charge is 0.357 e. The quantitative estimate of drug-likeness (QED) is 0.851. The molecule has 0 saturated heterocycles. The normalized spacial score (nSPS) is 22.3. The van der Waals surface area contributed by atoms with Crippen LogP contribution in [0.5, 0.6) is 0 Å². The Morgan fingerprint density at radius 3 is 2.62 bits per heavy atom. The van der Waals surface area contributed by atoms with Gasteiger partial charge < -0.3 is 10.2 Å². The average molecular weight is 310 g/mol. The molecule has 1 aliphatic carbocycles. The van der Waals surface area contributed by atoms with Crippen LogP contribution in [0.1, 0.15) is 51.5 Å². The molecule has 0 radical (unpaired) electrons. The molecular formula is C17H28ClN3. The monoisotopic (exact) mass is 309 g/mol. The Morgan fingerprint density at radius 1 is 1.29 bits per heavy atom. The zero-order valence-electron chi connectivity index (χ0n) is 13.5. The first-order valence-corrected chi connectivity index (χ1v) is 8.61. The van der Waals surface area contributed by atoms with Gasteiger partial charge in [0.2, 0.25) is 0 Å². The number of aromatic nitrogens is 1. The standard InChI is InChI=1S/C17H28ClN3/c1-4-13-6-8-15(9-7-13)21(3)17-10-14(11-19-5-2)16(18)12-20-17/h10,12-13,15,19H,4-9,11H2,1-3H3. The fraction of sp³-hybridized carbons (Fsp3) is 0.706. The van der Waals surface area contributed by atoms with Gasteiger partial charge in [-0.3, -0.25) is 0 Å². The van der Waals surface area contributed by atoms with Gasteiger partial charge in [0.05, 0.1) is 5.02 Å². The van der Waals surface area contributed by atoms with Gasteiger partial charge in [0.1, 0.15) is 5.82 Å². The number of nitrogens with zero attached hydrogens (tertiary/aromatic N) is 2. The molecule has 0 aliphatic heterocycles. The Hall–Kier alpha value is -0.800. The third-order valence-corrected chi connectivity index (χ3v) is 5.13. The maximum atomic E-state index is 6.24. The van der Waals surface area contributed by atoms with E-state index in [1.807, 2.05) is 0 Å². The van der Waals surface area contributed by atoms with Crippen LogP contribution in [0.3, 0.4) is 0 Å². The maximum absolute atomic E-state index is 6.24. The lowest BCUT2D eigenvalue weighted by Crippen LogP contribution is -2.35. The van der Waals surface area contributed by atoms with Crippen LogP contribution in [0.4, 0.5) is 5.82 Å². The highest BCUT2D eigenvalue weighted by molar-refractivity contribution is 6.31. The van der Waals surface area contributed by atoms with Crippen molar-refractivity contribution in [3.05, 3.63) is 22.8 Å². The van der Waals surface area contributed by atoms with Crippen molar-refractivity contribution in [1.29, 1.82) is 0 Å². The molecule has 1 aromatic rings. The number of hydrogen-bond donors (Lipinski definition) is 1. The zero-order valence-corrected chi connectivity index (χ0v) is 14.3. The third-order valence-electron chi connectivity index (χ3n) is 4.79. The van der Waals surface area contributed by atoms with E-state index in [1.54, 1.807) is 6.20 Å². The summed E-state index contributed by atoms with van der Waals surface area (Å²) in [6, 6.07) is 2.75. The molecule has 2 rings (SSSR count). The van der Waals surface area contributed by atoms with Gasteiger partial charge in [-0.05, 0) is 49.8 Å². The molecular weight excluding hydrogens is 282 g/mol. The van der Waals surface area contributed by atoms with E-state index < -0.39 is 0 Å². The van der Waals surface area contributed by atoms with Gasteiger partial charge in [0, 0.05) is 25.8 Å². The molecule has 0 spiro atoms. The lowest BCUT2D eigenvalue weighted by atomic mass is 9.84. The molecule has 1 heterocycles.